The monoisotopic (exact) mass is 219 g/mol. The Kier molecular flexibility index (Phi) is 4.37. The zero-order valence-corrected chi connectivity index (χ0v) is 9.77. The SMILES string of the molecule is NCC1CCCC1OCCc1ccccc1. The first-order chi connectivity index (χ1) is 7.90. The second-order valence-electron chi connectivity index (χ2n) is 4.57. The van der Waals surface area contributed by atoms with Gasteiger partial charge >= 0.3 is 0 Å². The summed E-state index contributed by atoms with van der Waals surface area (Å²) in [7, 11) is 0. The highest BCUT2D eigenvalue weighted by Crippen LogP contribution is 2.27. The van der Waals surface area contributed by atoms with Gasteiger partial charge in [-0.05, 0) is 37.3 Å². The van der Waals surface area contributed by atoms with E-state index in [0.717, 1.165) is 19.6 Å². The van der Waals surface area contributed by atoms with Crippen LogP contribution in [-0.2, 0) is 11.2 Å². The highest BCUT2D eigenvalue weighted by molar-refractivity contribution is 5.14. The van der Waals surface area contributed by atoms with Crippen LogP contribution in [0.4, 0.5) is 0 Å². The molecule has 0 spiro atoms. The van der Waals surface area contributed by atoms with Crippen LogP contribution in [-0.4, -0.2) is 19.3 Å². The third-order valence-electron chi connectivity index (χ3n) is 3.46. The lowest BCUT2D eigenvalue weighted by Crippen LogP contribution is -2.26. The molecule has 1 aliphatic carbocycles. The fourth-order valence-corrected chi connectivity index (χ4v) is 2.46. The van der Waals surface area contributed by atoms with Crippen molar-refractivity contribution < 1.29 is 4.74 Å². The highest BCUT2D eigenvalue weighted by atomic mass is 16.5. The molecule has 0 radical (unpaired) electrons. The molecular weight excluding hydrogens is 198 g/mol. The van der Waals surface area contributed by atoms with Crippen molar-refractivity contribution >= 4 is 0 Å². The van der Waals surface area contributed by atoms with Crippen molar-refractivity contribution in [3.05, 3.63) is 35.9 Å². The van der Waals surface area contributed by atoms with Crippen molar-refractivity contribution in [1.29, 1.82) is 0 Å². The highest BCUT2D eigenvalue weighted by Gasteiger charge is 2.26. The molecule has 0 amide bonds. The largest absolute Gasteiger partial charge is 0.378 e. The van der Waals surface area contributed by atoms with Gasteiger partial charge in [-0.2, -0.15) is 0 Å². The minimum atomic E-state index is 0.411. The summed E-state index contributed by atoms with van der Waals surface area (Å²) in [4.78, 5) is 0. The summed E-state index contributed by atoms with van der Waals surface area (Å²) in [5.41, 5.74) is 7.08. The van der Waals surface area contributed by atoms with Crippen molar-refractivity contribution in [3.8, 4) is 0 Å². The van der Waals surface area contributed by atoms with E-state index in [1.165, 1.54) is 24.8 Å². The summed E-state index contributed by atoms with van der Waals surface area (Å²) in [6.45, 7) is 1.60. The van der Waals surface area contributed by atoms with Crippen LogP contribution < -0.4 is 5.73 Å². The summed E-state index contributed by atoms with van der Waals surface area (Å²) >= 11 is 0. The quantitative estimate of drug-likeness (QED) is 0.825. The molecule has 0 bridgehead atoms. The Morgan fingerprint density at radius 1 is 1.19 bits per heavy atom. The molecule has 0 heterocycles. The van der Waals surface area contributed by atoms with Crippen LogP contribution in [0.3, 0.4) is 0 Å². The van der Waals surface area contributed by atoms with Gasteiger partial charge in [0.15, 0.2) is 0 Å². The predicted octanol–water partition coefficient (Wildman–Crippen LogP) is 2.37. The summed E-state index contributed by atoms with van der Waals surface area (Å²) in [5.74, 6) is 0.593. The molecule has 1 saturated carbocycles. The number of benzene rings is 1. The lowest BCUT2D eigenvalue weighted by atomic mass is 10.1. The molecule has 2 N–H and O–H groups in total. The fraction of sp³-hybridized carbons (Fsp3) is 0.571. The average molecular weight is 219 g/mol. The van der Waals surface area contributed by atoms with Crippen LogP contribution in [0.1, 0.15) is 24.8 Å². The molecule has 2 unspecified atom stereocenters. The zero-order chi connectivity index (χ0) is 11.2. The summed E-state index contributed by atoms with van der Waals surface area (Å²) in [6.07, 6.45) is 5.13. The van der Waals surface area contributed by atoms with Crippen molar-refractivity contribution in [1.82, 2.24) is 0 Å². The molecule has 2 atom stereocenters. The molecule has 1 fully saturated rings. The van der Waals surface area contributed by atoms with Crippen LogP contribution in [0.15, 0.2) is 30.3 Å². The van der Waals surface area contributed by atoms with E-state index in [4.69, 9.17) is 10.5 Å². The van der Waals surface area contributed by atoms with E-state index in [1.54, 1.807) is 0 Å². The molecule has 16 heavy (non-hydrogen) atoms. The molecule has 0 aliphatic heterocycles. The smallest absolute Gasteiger partial charge is 0.0615 e. The Labute approximate surface area is 97.8 Å². The van der Waals surface area contributed by atoms with Crippen LogP contribution in [0.25, 0.3) is 0 Å². The lowest BCUT2D eigenvalue weighted by molar-refractivity contribution is 0.0320. The summed E-state index contributed by atoms with van der Waals surface area (Å²) in [6, 6.07) is 10.5. The molecule has 0 saturated heterocycles. The molecule has 2 nitrogen and oxygen atoms in total. The normalized spacial score (nSPS) is 24.8. The number of hydrogen-bond donors (Lipinski definition) is 1. The van der Waals surface area contributed by atoms with E-state index in [-0.39, 0.29) is 0 Å². The molecule has 1 aliphatic rings. The van der Waals surface area contributed by atoms with Crippen molar-refractivity contribution in [2.75, 3.05) is 13.2 Å². The maximum absolute atomic E-state index is 5.93. The van der Waals surface area contributed by atoms with Crippen molar-refractivity contribution in [3.63, 3.8) is 0 Å². The number of hydrogen-bond acceptors (Lipinski definition) is 2. The van der Waals surface area contributed by atoms with E-state index in [2.05, 4.69) is 24.3 Å². The standard InChI is InChI=1S/C14H21NO/c15-11-13-7-4-8-14(13)16-10-9-12-5-2-1-3-6-12/h1-3,5-6,13-14H,4,7-11,15H2. The summed E-state index contributed by atoms with van der Waals surface area (Å²) < 4.78 is 5.93. The van der Waals surface area contributed by atoms with E-state index >= 15 is 0 Å². The van der Waals surface area contributed by atoms with Gasteiger partial charge in [-0.1, -0.05) is 36.8 Å². The van der Waals surface area contributed by atoms with Crippen LogP contribution in [0, 0.1) is 5.92 Å². The minimum absolute atomic E-state index is 0.411. The Hall–Kier alpha value is -0.860. The molecule has 88 valence electrons. The van der Waals surface area contributed by atoms with Gasteiger partial charge in [0.25, 0.3) is 0 Å². The molecule has 2 heteroatoms. The van der Waals surface area contributed by atoms with Crippen LogP contribution in [0.2, 0.25) is 0 Å². The maximum atomic E-state index is 5.93. The van der Waals surface area contributed by atoms with Gasteiger partial charge in [0.05, 0.1) is 12.7 Å². The van der Waals surface area contributed by atoms with Gasteiger partial charge < -0.3 is 10.5 Å². The summed E-state index contributed by atoms with van der Waals surface area (Å²) in [5, 5.41) is 0. The second kappa shape index (κ2) is 6.02. The van der Waals surface area contributed by atoms with E-state index in [0.29, 0.717) is 12.0 Å². The molecule has 0 aromatic heterocycles. The number of rotatable bonds is 5. The first-order valence-corrected chi connectivity index (χ1v) is 6.25. The molecular formula is C14H21NO. The van der Waals surface area contributed by atoms with Crippen LogP contribution in [0.5, 0.6) is 0 Å². The second-order valence-corrected chi connectivity index (χ2v) is 4.57. The third-order valence-corrected chi connectivity index (χ3v) is 3.46. The van der Waals surface area contributed by atoms with E-state index in [9.17, 15) is 0 Å². The van der Waals surface area contributed by atoms with Gasteiger partial charge in [0.1, 0.15) is 0 Å². The van der Waals surface area contributed by atoms with Gasteiger partial charge in [-0.3, -0.25) is 0 Å². The molecule has 1 aromatic rings. The Balaban J connectivity index is 1.72. The third kappa shape index (κ3) is 3.06. The van der Waals surface area contributed by atoms with E-state index < -0.39 is 0 Å². The van der Waals surface area contributed by atoms with E-state index in [1.807, 2.05) is 6.07 Å². The zero-order valence-electron chi connectivity index (χ0n) is 9.77. The minimum Gasteiger partial charge on any atom is -0.378 e. The first kappa shape index (κ1) is 11.6. The molecule has 1 aromatic carbocycles. The van der Waals surface area contributed by atoms with Gasteiger partial charge in [0, 0.05) is 0 Å². The Morgan fingerprint density at radius 3 is 2.75 bits per heavy atom. The Morgan fingerprint density at radius 2 is 2.00 bits per heavy atom. The van der Waals surface area contributed by atoms with Gasteiger partial charge in [0.2, 0.25) is 0 Å². The number of nitrogens with two attached hydrogens (primary N) is 1. The first-order valence-electron chi connectivity index (χ1n) is 6.25. The Bertz CT molecular complexity index is 299. The maximum Gasteiger partial charge on any atom is 0.0615 e. The number of ether oxygens (including phenoxy) is 1. The predicted molar refractivity (Wildman–Crippen MR) is 66.3 cm³/mol. The lowest BCUT2D eigenvalue weighted by Gasteiger charge is -2.18. The topological polar surface area (TPSA) is 35.2 Å². The van der Waals surface area contributed by atoms with Crippen molar-refractivity contribution in [2.24, 2.45) is 11.7 Å². The van der Waals surface area contributed by atoms with Gasteiger partial charge in [-0.25, -0.2) is 0 Å². The van der Waals surface area contributed by atoms with Crippen LogP contribution >= 0.6 is 0 Å². The van der Waals surface area contributed by atoms with Gasteiger partial charge in [-0.15, -0.1) is 0 Å². The molecule has 2 rings (SSSR count). The average Bonchev–Trinajstić information content (AvgIpc) is 2.78. The fourth-order valence-electron chi connectivity index (χ4n) is 2.46. The van der Waals surface area contributed by atoms with Crippen molar-refractivity contribution in [2.45, 2.75) is 31.8 Å².